The van der Waals surface area contributed by atoms with Crippen molar-refractivity contribution in [2.75, 3.05) is 13.1 Å². The third-order valence-electron chi connectivity index (χ3n) is 4.43. The average Bonchev–Trinajstić information content (AvgIpc) is 3.00. The van der Waals surface area contributed by atoms with Crippen LogP contribution in [0.1, 0.15) is 38.3 Å². The minimum atomic E-state index is -0.127. The summed E-state index contributed by atoms with van der Waals surface area (Å²) in [5, 5.41) is 16.4. The molecular weight excluding hydrogens is 302 g/mol. The average molecular weight is 329 g/mol. The number of imidazole rings is 1. The van der Waals surface area contributed by atoms with Crippen molar-refractivity contribution < 1.29 is 5.11 Å². The van der Waals surface area contributed by atoms with Crippen molar-refractivity contribution in [3.05, 3.63) is 36.3 Å². The van der Waals surface area contributed by atoms with E-state index < -0.39 is 0 Å². The van der Waals surface area contributed by atoms with Crippen LogP contribution < -0.4 is 10.6 Å². The van der Waals surface area contributed by atoms with Gasteiger partial charge in [0.05, 0.1) is 11.8 Å². The zero-order valence-corrected chi connectivity index (χ0v) is 14.3. The summed E-state index contributed by atoms with van der Waals surface area (Å²) in [6.45, 7) is 3.62. The number of hydrogen-bond acceptors (Lipinski definition) is 3. The third-order valence-corrected chi connectivity index (χ3v) is 4.43. The molecule has 2 heterocycles. The molecule has 1 fully saturated rings. The maximum absolute atomic E-state index is 9.61. The van der Waals surface area contributed by atoms with E-state index in [0.29, 0.717) is 12.6 Å². The smallest absolute Gasteiger partial charge is 0.191 e. The molecule has 0 saturated heterocycles. The minimum absolute atomic E-state index is 0.127. The fourth-order valence-corrected chi connectivity index (χ4v) is 3.12. The SMILES string of the molecule is CCNC(=NCCc1cn2ccccc2n1)NC1CCC(O)CC1. The number of hydrogen-bond donors (Lipinski definition) is 3. The number of nitrogens with zero attached hydrogens (tertiary/aromatic N) is 3. The van der Waals surface area contributed by atoms with Gasteiger partial charge >= 0.3 is 0 Å². The Bertz CT molecular complexity index is 640. The van der Waals surface area contributed by atoms with E-state index in [1.807, 2.05) is 28.8 Å². The van der Waals surface area contributed by atoms with Gasteiger partial charge in [-0.1, -0.05) is 6.07 Å². The number of rotatable bonds is 5. The van der Waals surface area contributed by atoms with Gasteiger partial charge in [0.2, 0.25) is 0 Å². The van der Waals surface area contributed by atoms with Crippen molar-refractivity contribution in [1.29, 1.82) is 0 Å². The van der Waals surface area contributed by atoms with Crippen LogP contribution in [0.5, 0.6) is 0 Å². The first-order valence-corrected chi connectivity index (χ1v) is 8.90. The summed E-state index contributed by atoms with van der Waals surface area (Å²) < 4.78 is 2.04. The van der Waals surface area contributed by atoms with E-state index in [2.05, 4.69) is 33.7 Å². The van der Waals surface area contributed by atoms with Gasteiger partial charge in [0.15, 0.2) is 5.96 Å². The lowest BCUT2D eigenvalue weighted by Gasteiger charge is -2.27. The Morgan fingerprint density at radius 1 is 1.33 bits per heavy atom. The fourth-order valence-electron chi connectivity index (χ4n) is 3.12. The summed E-state index contributed by atoms with van der Waals surface area (Å²) in [5.41, 5.74) is 2.03. The zero-order valence-electron chi connectivity index (χ0n) is 14.3. The van der Waals surface area contributed by atoms with Crippen LogP contribution in [0, 0.1) is 0 Å². The molecular formula is C18H27N5O. The predicted molar refractivity (Wildman–Crippen MR) is 96.3 cm³/mol. The van der Waals surface area contributed by atoms with E-state index in [9.17, 15) is 5.11 Å². The highest BCUT2D eigenvalue weighted by Crippen LogP contribution is 2.18. The molecule has 6 nitrogen and oxygen atoms in total. The standard InChI is InChI=1S/C18H27N5O/c1-2-19-18(22-14-6-8-16(24)9-7-14)20-11-10-15-13-23-12-4-3-5-17(23)21-15/h3-5,12-14,16,24H,2,6-11H2,1H3,(H2,19,20,22). The van der Waals surface area contributed by atoms with Crippen LogP contribution >= 0.6 is 0 Å². The van der Waals surface area contributed by atoms with E-state index in [1.54, 1.807) is 0 Å². The Morgan fingerprint density at radius 3 is 2.92 bits per heavy atom. The van der Waals surface area contributed by atoms with Crippen molar-refractivity contribution in [3.63, 3.8) is 0 Å². The van der Waals surface area contributed by atoms with Crippen molar-refractivity contribution in [2.45, 2.75) is 51.2 Å². The molecule has 130 valence electrons. The van der Waals surface area contributed by atoms with Crippen molar-refractivity contribution in [2.24, 2.45) is 4.99 Å². The molecule has 0 spiro atoms. The molecule has 0 amide bonds. The number of fused-ring (bicyclic) bond motifs is 1. The van der Waals surface area contributed by atoms with Gasteiger partial charge in [-0.15, -0.1) is 0 Å². The number of nitrogens with one attached hydrogen (secondary N) is 2. The minimum Gasteiger partial charge on any atom is -0.393 e. The lowest BCUT2D eigenvalue weighted by molar-refractivity contribution is 0.120. The highest BCUT2D eigenvalue weighted by atomic mass is 16.3. The summed E-state index contributed by atoms with van der Waals surface area (Å²) in [5.74, 6) is 0.864. The quantitative estimate of drug-likeness (QED) is 0.577. The van der Waals surface area contributed by atoms with Crippen LogP contribution in [0.25, 0.3) is 5.65 Å². The summed E-state index contributed by atoms with van der Waals surface area (Å²) in [7, 11) is 0. The molecule has 0 bridgehead atoms. The van der Waals surface area contributed by atoms with Crippen LogP contribution in [0.2, 0.25) is 0 Å². The molecule has 24 heavy (non-hydrogen) atoms. The lowest BCUT2D eigenvalue weighted by atomic mass is 9.93. The molecule has 3 N–H and O–H groups in total. The van der Waals surface area contributed by atoms with Gasteiger partial charge in [0.25, 0.3) is 0 Å². The van der Waals surface area contributed by atoms with E-state index in [0.717, 1.165) is 55.9 Å². The number of aliphatic hydroxyl groups excluding tert-OH is 1. The van der Waals surface area contributed by atoms with Gasteiger partial charge in [-0.3, -0.25) is 4.99 Å². The number of guanidine groups is 1. The summed E-state index contributed by atoms with van der Waals surface area (Å²) in [6.07, 6.45) is 8.51. The first kappa shape index (κ1) is 16.8. The Labute approximate surface area is 143 Å². The highest BCUT2D eigenvalue weighted by Gasteiger charge is 2.19. The molecule has 1 aliphatic carbocycles. The number of aliphatic hydroxyl groups is 1. The van der Waals surface area contributed by atoms with Gasteiger partial charge < -0.3 is 20.1 Å². The van der Waals surface area contributed by atoms with Crippen molar-refractivity contribution >= 4 is 11.6 Å². The molecule has 0 aromatic carbocycles. The second kappa shape index (κ2) is 8.15. The van der Waals surface area contributed by atoms with E-state index in [-0.39, 0.29) is 6.10 Å². The van der Waals surface area contributed by atoms with E-state index in [4.69, 9.17) is 0 Å². The molecule has 1 saturated carbocycles. The molecule has 3 rings (SSSR count). The number of aliphatic imine (C=N–C) groups is 1. The molecule has 6 heteroatoms. The van der Waals surface area contributed by atoms with Crippen LogP contribution in [0.15, 0.2) is 35.6 Å². The van der Waals surface area contributed by atoms with Gasteiger partial charge in [-0.05, 0) is 44.7 Å². The maximum Gasteiger partial charge on any atom is 0.191 e. The molecule has 2 aromatic rings. The first-order chi connectivity index (χ1) is 11.7. The van der Waals surface area contributed by atoms with E-state index in [1.165, 1.54) is 0 Å². The third kappa shape index (κ3) is 4.47. The van der Waals surface area contributed by atoms with Crippen LogP contribution in [0.3, 0.4) is 0 Å². The van der Waals surface area contributed by atoms with Crippen LogP contribution in [0.4, 0.5) is 0 Å². The second-order valence-corrected chi connectivity index (χ2v) is 6.36. The summed E-state index contributed by atoms with van der Waals surface area (Å²) in [4.78, 5) is 9.28. The summed E-state index contributed by atoms with van der Waals surface area (Å²) in [6, 6.07) is 6.42. The van der Waals surface area contributed by atoms with Crippen LogP contribution in [-0.4, -0.2) is 45.7 Å². The normalized spacial score (nSPS) is 21.8. The molecule has 0 radical (unpaired) electrons. The number of aromatic nitrogens is 2. The molecule has 2 aromatic heterocycles. The van der Waals surface area contributed by atoms with Gasteiger partial charge in [-0.25, -0.2) is 4.98 Å². The Morgan fingerprint density at radius 2 is 2.17 bits per heavy atom. The second-order valence-electron chi connectivity index (χ2n) is 6.36. The van der Waals surface area contributed by atoms with Gasteiger partial charge in [-0.2, -0.15) is 0 Å². The van der Waals surface area contributed by atoms with Gasteiger partial charge in [0.1, 0.15) is 5.65 Å². The Hall–Kier alpha value is -2.08. The predicted octanol–water partition coefficient (Wildman–Crippen LogP) is 1.74. The van der Waals surface area contributed by atoms with Gasteiger partial charge in [0, 0.05) is 37.9 Å². The maximum atomic E-state index is 9.61. The monoisotopic (exact) mass is 329 g/mol. The Kier molecular flexibility index (Phi) is 5.69. The first-order valence-electron chi connectivity index (χ1n) is 8.90. The van der Waals surface area contributed by atoms with Crippen LogP contribution in [-0.2, 0) is 6.42 Å². The largest absolute Gasteiger partial charge is 0.393 e. The molecule has 0 aliphatic heterocycles. The molecule has 0 atom stereocenters. The topological polar surface area (TPSA) is 74.0 Å². The van der Waals surface area contributed by atoms with E-state index >= 15 is 0 Å². The number of pyridine rings is 1. The fraction of sp³-hybridized carbons (Fsp3) is 0.556. The molecule has 1 aliphatic rings. The molecule has 0 unspecified atom stereocenters. The highest BCUT2D eigenvalue weighted by molar-refractivity contribution is 5.80. The summed E-state index contributed by atoms with van der Waals surface area (Å²) >= 11 is 0. The van der Waals surface area contributed by atoms with Crippen molar-refractivity contribution in [3.8, 4) is 0 Å². The Balaban J connectivity index is 1.55. The van der Waals surface area contributed by atoms with Crippen molar-refractivity contribution in [1.82, 2.24) is 20.0 Å². The lowest BCUT2D eigenvalue weighted by Crippen LogP contribution is -2.45. The zero-order chi connectivity index (χ0) is 16.8.